The summed E-state index contributed by atoms with van der Waals surface area (Å²) in [5, 5.41) is 35.4. The summed E-state index contributed by atoms with van der Waals surface area (Å²) < 4.78 is 47.4. The molecule has 3 N–H and O–H groups in total. The molecule has 2 heterocycles. The molecule has 49 heavy (non-hydrogen) atoms. The first kappa shape index (κ1) is 35.2. The number of aromatic nitrogens is 1. The van der Waals surface area contributed by atoms with Crippen molar-refractivity contribution in [2.24, 2.45) is 0 Å². The molecule has 0 bridgehead atoms. The van der Waals surface area contributed by atoms with Crippen LogP contribution in [0.15, 0.2) is 126 Å². The zero-order chi connectivity index (χ0) is 34.8. The number of rotatable bonds is 11. The third-order valence-corrected chi connectivity index (χ3v) is 16.0. The molecule has 1 aliphatic rings. The summed E-state index contributed by atoms with van der Waals surface area (Å²) in [6, 6.07) is 35.6. The smallest absolute Gasteiger partial charge is 0.268 e. The van der Waals surface area contributed by atoms with Crippen LogP contribution in [0.5, 0.6) is 0 Å². The Labute approximate surface area is 288 Å². The normalized spacial score (nSPS) is 22.0. The summed E-state index contributed by atoms with van der Waals surface area (Å²) in [5.41, 5.74) is 1.27. The molecule has 6 rings (SSSR count). The first-order chi connectivity index (χ1) is 23.4. The Morgan fingerprint density at radius 2 is 1.31 bits per heavy atom. The molecular weight excluding hydrogens is 659 g/mol. The first-order valence-electron chi connectivity index (χ1n) is 16.4. The Morgan fingerprint density at radius 3 is 1.90 bits per heavy atom. The molecule has 1 aliphatic heterocycles. The number of benzene rings is 4. The predicted molar refractivity (Wildman–Crippen MR) is 191 cm³/mol. The Bertz CT molecular complexity index is 1910. The Morgan fingerprint density at radius 1 is 0.755 bits per heavy atom. The molecule has 1 fully saturated rings. The van der Waals surface area contributed by atoms with E-state index in [1.54, 1.807) is 48.7 Å². The molecule has 0 amide bonds. The molecule has 0 aliphatic carbocycles. The van der Waals surface area contributed by atoms with Gasteiger partial charge in [0.05, 0.1) is 23.6 Å². The van der Waals surface area contributed by atoms with Gasteiger partial charge >= 0.3 is 0 Å². The fraction of sp³-hybridized carbons (Fsp3) is 0.316. The van der Waals surface area contributed by atoms with Crippen molar-refractivity contribution in [1.82, 2.24) is 3.97 Å². The molecular formula is C38H43NO8SSi. The van der Waals surface area contributed by atoms with E-state index in [2.05, 4.69) is 45.0 Å². The summed E-state index contributed by atoms with van der Waals surface area (Å²) in [4.78, 5) is 0.177. The lowest BCUT2D eigenvalue weighted by molar-refractivity contribution is -0.300. The van der Waals surface area contributed by atoms with Gasteiger partial charge in [-0.1, -0.05) is 118 Å². The van der Waals surface area contributed by atoms with Gasteiger partial charge in [-0.2, -0.15) is 0 Å². The van der Waals surface area contributed by atoms with Crippen molar-refractivity contribution in [2.75, 3.05) is 13.2 Å². The minimum Gasteiger partial charge on any atom is -0.405 e. The molecule has 5 aromatic rings. The zero-order valence-corrected chi connectivity index (χ0v) is 29.6. The lowest BCUT2D eigenvalue weighted by Gasteiger charge is -2.45. The fourth-order valence-corrected chi connectivity index (χ4v) is 12.7. The van der Waals surface area contributed by atoms with E-state index in [0.717, 1.165) is 21.3 Å². The SMILES string of the molecule is CC(C)(C)[Si](OC[C@H]1O[C@H](OCCc2cn(S(=O)(=O)c3ccccc3)c3ccccc23)[C@H](O)[C@@H](O)[C@@H]1O)(c1ccccc1)c1ccccc1. The van der Waals surface area contributed by atoms with E-state index in [1.165, 1.54) is 3.97 Å². The average Bonchev–Trinajstić information content (AvgIpc) is 3.49. The minimum atomic E-state index is -3.85. The van der Waals surface area contributed by atoms with Gasteiger partial charge in [-0.3, -0.25) is 0 Å². The first-order valence-corrected chi connectivity index (χ1v) is 19.8. The highest BCUT2D eigenvalue weighted by Crippen LogP contribution is 2.37. The maximum absolute atomic E-state index is 13.5. The summed E-state index contributed by atoms with van der Waals surface area (Å²) in [7, 11) is -6.83. The Balaban J connectivity index is 1.21. The molecule has 5 atom stereocenters. The second kappa shape index (κ2) is 14.3. The topological polar surface area (TPSA) is 127 Å². The van der Waals surface area contributed by atoms with E-state index < -0.39 is 49.0 Å². The van der Waals surface area contributed by atoms with Gasteiger partial charge in [0.2, 0.25) is 0 Å². The van der Waals surface area contributed by atoms with Crippen molar-refractivity contribution < 1.29 is 37.6 Å². The van der Waals surface area contributed by atoms with Crippen LogP contribution in [0.2, 0.25) is 5.04 Å². The summed E-state index contributed by atoms with van der Waals surface area (Å²) in [5.74, 6) is 0. The van der Waals surface area contributed by atoms with E-state index in [1.807, 2.05) is 48.5 Å². The fourth-order valence-electron chi connectivity index (χ4n) is 6.77. The van der Waals surface area contributed by atoms with Gasteiger partial charge in [0.15, 0.2) is 6.29 Å². The van der Waals surface area contributed by atoms with Gasteiger partial charge in [-0.05, 0) is 45.6 Å². The van der Waals surface area contributed by atoms with Crippen molar-refractivity contribution in [2.45, 2.75) is 67.8 Å². The summed E-state index contributed by atoms with van der Waals surface area (Å²) >= 11 is 0. The number of ether oxygens (including phenoxy) is 2. The van der Waals surface area contributed by atoms with E-state index in [0.29, 0.717) is 11.9 Å². The number of nitrogens with zero attached hydrogens (tertiary/aromatic N) is 1. The monoisotopic (exact) mass is 701 g/mol. The molecule has 0 saturated carbocycles. The molecule has 0 unspecified atom stereocenters. The number of hydrogen-bond acceptors (Lipinski definition) is 8. The quantitative estimate of drug-likeness (QED) is 0.178. The van der Waals surface area contributed by atoms with Crippen molar-refractivity contribution in [3.05, 3.63) is 127 Å². The van der Waals surface area contributed by atoms with Crippen LogP contribution in [0.25, 0.3) is 10.9 Å². The van der Waals surface area contributed by atoms with Crippen LogP contribution in [-0.4, -0.2) is 79.9 Å². The maximum atomic E-state index is 13.5. The van der Waals surface area contributed by atoms with Gasteiger partial charge in [0, 0.05) is 11.6 Å². The average molecular weight is 702 g/mol. The highest BCUT2D eigenvalue weighted by atomic mass is 32.2. The van der Waals surface area contributed by atoms with Gasteiger partial charge in [-0.15, -0.1) is 0 Å². The van der Waals surface area contributed by atoms with Gasteiger partial charge in [0.1, 0.15) is 24.4 Å². The Kier molecular flexibility index (Phi) is 10.3. The molecule has 1 aromatic heterocycles. The number of fused-ring (bicyclic) bond motifs is 1. The van der Waals surface area contributed by atoms with Crippen molar-refractivity contribution in [3.63, 3.8) is 0 Å². The van der Waals surface area contributed by atoms with Gasteiger partial charge in [-0.25, -0.2) is 12.4 Å². The molecule has 0 radical (unpaired) electrons. The third kappa shape index (κ3) is 6.77. The maximum Gasteiger partial charge on any atom is 0.268 e. The molecule has 1 saturated heterocycles. The van der Waals surface area contributed by atoms with E-state index in [4.69, 9.17) is 13.9 Å². The van der Waals surface area contributed by atoms with Crippen molar-refractivity contribution in [1.29, 1.82) is 0 Å². The molecule has 4 aromatic carbocycles. The molecule has 258 valence electrons. The van der Waals surface area contributed by atoms with Crippen molar-refractivity contribution >= 4 is 39.6 Å². The van der Waals surface area contributed by atoms with E-state index >= 15 is 0 Å². The molecule has 9 nitrogen and oxygen atoms in total. The highest BCUT2D eigenvalue weighted by Gasteiger charge is 2.52. The zero-order valence-electron chi connectivity index (χ0n) is 27.8. The van der Waals surface area contributed by atoms with Crippen molar-refractivity contribution in [3.8, 4) is 0 Å². The van der Waals surface area contributed by atoms with Gasteiger partial charge in [0.25, 0.3) is 18.3 Å². The highest BCUT2D eigenvalue weighted by molar-refractivity contribution is 7.90. The standard InChI is InChI=1S/C38H43NO8SSi/c1-38(2,3)49(29-17-9-5-10-18-29,30-19-11-6-12-20-30)46-26-33-34(40)35(41)36(42)37(47-33)45-24-23-27-25-39(32-22-14-13-21-31(27)32)48(43,44)28-15-7-4-8-16-28/h4-22,25,33-37,40-42H,23-24,26H2,1-3H3/t33-,34-,35+,36-,37+/m1/s1. The second-order valence-corrected chi connectivity index (χ2v) is 19.5. The number of hydrogen-bond donors (Lipinski definition) is 3. The number of aliphatic hydroxyl groups excluding tert-OH is 3. The van der Waals surface area contributed by atoms with Crippen LogP contribution in [-0.2, 0) is 30.3 Å². The Hall–Kier alpha value is -3.65. The molecule has 11 heteroatoms. The van der Waals surface area contributed by atoms with Gasteiger partial charge < -0.3 is 29.2 Å². The van der Waals surface area contributed by atoms with Crippen LogP contribution in [0.4, 0.5) is 0 Å². The third-order valence-electron chi connectivity index (χ3n) is 9.26. The summed E-state index contributed by atoms with van der Waals surface area (Å²) in [6.07, 6.45) is -4.84. The van der Waals surface area contributed by atoms with Crippen LogP contribution in [0, 0.1) is 0 Å². The minimum absolute atomic E-state index is 0.0478. The predicted octanol–water partition coefficient (Wildman–Crippen LogP) is 3.82. The lowest BCUT2D eigenvalue weighted by atomic mass is 9.99. The summed E-state index contributed by atoms with van der Waals surface area (Å²) in [6.45, 7) is 6.42. The van der Waals surface area contributed by atoms with Crippen LogP contribution < -0.4 is 10.4 Å². The van der Waals surface area contributed by atoms with E-state index in [9.17, 15) is 23.7 Å². The van der Waals surface area contributed by atoms with Crippen LogP contribution >= 0.6 is 0 Å². The largest absolute Gasteiger partial charge is 0.405 e. The van der Waals surface area contributed by atoms with Crippen LogP contribution in [0.3, 0.4) is 0 Å². The van der Waals surface area contributed by atoms with E-state index in [-0.39, 0.29) is 23.1 Å². The molecule has 0 spiro atoms. The number of para-hydroxylation sites is 1. The number of aliphatic hydroxyl groups is 3. The lowest BCUT2D eigenvalue weighted by Crippen LogP contribution is -2.68. The van der Waals surface area contributed by atoms with Crippen LogP contribution in [0.1, 0.15) is 26.3 Å². The second-order valence-electron chi connectivity index (χ2n) is 13.4.